The minimum atomic E-state index is -1.05. The topological polar surface area (TPSA) is 120 Å². The molecule has 1 aliphatic carbocycles. The Morgan fingerprint density at radius 1 is 1.26 bits per heavy atom. The fraction of sp³-hybridized carbons (Fsp3) is 0.263. The van der Waals surface area contributed by atoms with Gasteiger partial charge in [0.15, 0.2) is 0 Å². The molecule has 5 N–H and O–H groups in total. The van der Waals surface area contributed by atoms with E-state index >= 15 is 0 Å². The molecule has 2 atom stereocenters. The first-order valence-corrected chi connectivity index (χ1v) is 8.72. The van der Waals surface area contributed by atoms with E-state index in [1.165, 1.54) is 0 Å². The van der Waals surface area contributed by atoms with Gasteiger partial charge in [-0.05, 0) is 42.0 Å². The zero-order valence-electron chi connectivity index (χ0n) is 14.7. The molecule has 0 aliphatic heterocycles. The summed E-state index contributed by atoms with van der Waals surface area (Å²) in [7, 11) is 0. The van der Waals surface area contributed by atoms with Crippen LogP contribution in [-0.2, 0) is 11.2 Å². The summed E-state index contributed by atoms with van der Waals surface area (Å²) in [6, 6.07) is 5.39. The number of halogens is 1. The summed E-state index contributed by atoms with van der Waals surface area (Å²) < 4.78 is 13.1. The van der Waals surface area contributed by atoms with Crippen molar-refractivity contribution in [2.75, 3.05) is 16.8 Å². The van der Waals surface area contributed by atoms with Crippen LogP contribution in [-0.4, -0.2) is 27.0 Å². The maximum Gasteiger partial charge on any atom is 0.231 e. The number of aryl methyl sites for hydroxylation is 1. The fourth-order valence-corrected chi connectivity index (χ4v) is 3.07. The number of nitrogens with zero attached hydrogens (tertiary/aromatic N) is 3. The van der Waals surface area contributed by atoms with Crippen LogP contribution in [0, 0.1) is 5.92 Å². The highest BCUT2D eigenvalue weighted by molar-refractivity contribution is 5.98. The lowest BCUT2D eigenvalue weighted by atomic mass is 10.0. The van der Waals surface area contributed by atoms with E-state index in [1.807, 2.05) is 19.1 Å². The van der Waals surface area contributed by atoms with Crippen molar-refractivity contribution in [3.05, 3.63) is 36.2 Å². The molecule has 3 heterocycles. The number of fused-ring (bicyclic) bond motifs is 1. The summed E-state index contributed by atoms with van der Waals surface area (Å²) in [5, 5.41) is 4.10. The molecule has 0 spiro atoms. The molecule has 1 fully saturated rings. The van der Waals surface area contributed by atoms with Gasteiger partial charge in [0.25, 0.3) is 0 Å². The number of carbonyl (C=O) groups is 1. The lowest BCUT2D eigenvalue weighted by Crippen LogP contribution is -2.15. The number of hydrogen-bond donors (Lipinski definition) is 3. The summed E-state index contributed by atoms with van der Waals surface area (Å²) in [6.45, 7) is 2.02. The minimum absolute atomic E-state index is 0.268. The number of carbonyl (C=O) groups excluding carboxylic acids is 1. The quantitative estimate of drug-likeness (QED) is 0.653. The Bertz CT molecular complexity index is 1050. The second-order valence-corrected chi connectivity index (χ2v) is 6.65. The van der Waals surface area contributed by atoms with Crippen LogP contribution >= 0.6 is 0 Å². The molecule has 8 heteroatoms. The predicted octanol–water partition coefficient (Wildman–Crippen LogP) is 2.72. The molecule has 3 aromatic rings. The van der Waals surface area contributed by atoms with Gasteiger partial charge in [-0.2, -0.15) is 0 Å². The molecule has 1 aliphatic rings. The Morgan fingerprint density at radius 3 is 2.74 bits per heavy atom. The van der Waals surface area contributed by atoms with E-state index in [0.717, 1.165) is 22.9 Å². The van der Waals surface area contributed by atoms with Crippen LogP contribution in [0.15, 0.2) is 30.6 Å². The van der Waals surface area contributed by atoms with Crippen LogP contribution in [0.2, 0.25) is 0 Å². The Hall–Kier alpha value is -3.29. The largest absolute Gasteiger partial charge is 0.384 e. The van der Waals surface area contributed by atoms with Gasteiger partial charge in [0, 0.05) is 23.3 Å². The number of nitrogens with two attached hydrogens (primary N) is 2. The number of nitrogens with one attached hydrogen (secondary N) is 1. The van der Waals surface area contributed by atoms with Crippen LogP contribution in [0.25, 0.3) is 22.0 Å². The Balaban J connectivity index is 1.74. The van der Waals surface area contributed by atoms with E-state index in [0.29, 0.717) is 28.5 Å². The number of rotatable bonds is 4. The van der Waals surface area contributed by atoms with Crippen LogP contribution in [0.1, 0.15) is 18.9 Å². The average Bonchev–Trinajstić information content (AvgIpc) is 3.38. The SMILES string of the molecule is CCc1cc(N)ncc1-c1cc2cc(NC(=O)C3CC3F)ncc2c(N)n1. The van der Waals surface area contributed by atoms with E-state index < -0.39 is 12.1 Å². The lowest BCUT2D eigenvalue weighted by molar-refractivity contribution is -0.117. The third-order valence-corrected chi connectivity index (χ3v) is 4.71. The summed E-state index contributed by atoms with van der Waals surface area (Å²) in [5.41, 5.74) is 14.4. The van der Waals surface area contributed by atoms with Crippen molar-refractivity contribution in [2.45, 2.75) is 25.9 Å². The summed E-state index contributed by atoms with van der Waals surface area (Å²) in [4.78, 5) is 24.8. The van der Waals surface area contributed by atoms with Crippen molar-refractivity contribution >= 4 is 34.1 Å². The molecular weight excluding hydrogens is 347 g/mol. The molecule has 1 saturated carbocycles. The second kappa shape index (κ2) is 6.46. The first kappa shape index (κ1) is 17.1. The van der Waals surface area contributed by atoms with E-state index in [2.05, 4.69) is 20.3 Å². The molecule has 3 aromatic heterocycles. The third-order valence-electron chi connectivity index (χ3n) is 4.71. The number of amides is 1. The van der Waals surface area contributed by atoms with Crippen LogP contribution in [0.3, 0.4) is 0 Å². The monoisotopic (exact) mass is 366 g/mol. The average molecular weight is 366 g/mol. The van der Waals surface area contributed by atoms with Crippen molar-refractivity contribution in [3.8, 4) is 11.3 Å². The molecule has 0 aromatic carbocycles. The number of aromatic nitrogens is 3. The minimum Gasteiger partial charge on any atom is -0.384 e. The third kappa shape index (κ3) is 3.25. The number of pyridine rings is 3. The molecule has 2 unspecified atom stereocenters. The first-order valence-electron chi connectivity index (χ1n) is 8.72. The van der Waals surface area contributed by atoms with E-state index in [-0.39, 0.29) is 12.3 Å². The molecular formula is C19H19FN6O. The molecule has 138 valence electrons. The van der Waals surface area contributed by atoms with Crippen LogP contribution < -0.4 is 16.8 Å². The second-order valence-electron chi connectivity index (χ2n) is 6.65. The van der Waals surface area contributed by atoms with Gasteiger partial charge in [-0.25, -0.2) is 19.3 Å². The van der Waals surface area contributed by atoms with Crippen LogP contribution in [0.5, 0.6) is 0 Å². The van der Waals surface area contributed by atoms with Crippen molar-refractivity contribution in [3.63, 3.8) is 0 Å². The van der Waals surface area contributed by atoms with Gasteiger partial charge >= 0.3 is 0 Å². The highest BCUT2D eigenvalue weighted by Gasteiger charge is 2.43. The van der Waals surface area contributed by atoms with Crippen molar-refractivity contribution in [1.29, 1.82) is 0 Å². The molecule has 0 bridgehead atoms. The Kier molecular flexibility index (Phi) is 4.10. The molecule has 7 nitrogen and oxygen atoms in total. The van der Waals surface area contributed by atoms with E-state index in [9.17, 15) is 9.18 Å². The van der Waals surface area contributed by atoms with Crippen molar-refractivity contribution in [1.82, 2.24) is 15.0 Å². The zero-order valence-corrected chi connectivity index (χ0v) is 14.7. The number of nitrogen functional groups attached to an aromatic ring is 2. The summed E-state index contributed by atoms with van der Waals surface area (Å²) in [5.74, 6) is 0.206. The number of alkyl halides is 1. The smallest absolute Gasteiger partial charge is 0.231 e. The normalized spacial score (nSPS) is 18.4. The highest BCUT2D eigenvalue weighted by Crippen LogP contribution is 2.35. The van der Waals surface area contributed by atoms with Gasteiger partial charge in [0.1, 0.15) is 23.6 Å². The Labute approximate surface area is 155 Å². The summed E-state index contributed by atoms with van der Waals surface area (Å²) >= 11 is 0. The predicted molar refractivity (Wildman–Crippen MR) is 103 cm³/mol. The van der Waals surface area contributed by atoms with Crippen molar-refractivity contribution in [2.24, 2.45) is 5.92 Å². The Morgan fingerprint density at radius 2 is 2.04 bits per heavy atom. The molecule has 0 radical (unpaired) electrons. The van der Waals surface area contributed by atoms with Gasteiger partial charge in [-0.15, -0.1) is 0 Å². The first-order chi connectivity index (χ1) is 13.0. The fourth-order valence-electron chi connectivity index (χ4n) is 3.07. The van der Waals surface area contributed by atoms with Crippen molar-refractivity contribution < 1.29 is 9.18 Å². The van der Waals surface area contributed by atoms with Gasteiger partial charge < -0.3 is 16.8 Å². The lowest BCUT2D eigenvalue weighted by Gasteiger charge is -2.11. The molecule has 27 heavy (non-hydrogen) atoms. The number of anilines is 3. The zero-order chi connectivity index (χ0) is 19.1. The highest BCUT2D eigenvalue weighted by atomic mass is 19.1. The molecule has 0 saturated heterocycles. The van der Waals surface area contributed by atoms with Gasteiger partial charge in [-0.1, -0.05) is 6.92 Å². The van der Waals surface area contributed by atoms with Gasteiger partial charge in [-0.3, -0.25) is 4.79 Å². The number of hydrogen-bond acceptors (Lipinski definition) is 6. The van der Waals surface area contributed by atoms with Crippen LogP contribution in [0.4, 0.5) is 21.8 Å². The van der Waals surface area contributed by atoms with E-state index in [1.54, 1.807) is 18.5 Å². The summed E-state index contributed by atoms with van der Waals surface area (Å²) in [6.07, 6.45) is 3.22. The maximum atomic E-state index is 13.1. The standard InChI is InChI=1S/C19H19FN6O/c1-2-9-4-16(21)23-7-12(9)15-3-10-5-17(24-8-13(10)18(22)25-15)26-19(27)11-6-14(11)20/h3-5,7-8,11,14H,2,6H2,1H3,(H2,21,23)(H2,22,25)(H,24,26,27). The molecule has 1 amide bonds. The van der Waals surface area contributed by atoms with Gasteiger partial charge in [0.2, 0.25) is 5.91 Å². The van der Waals surface area contributed by atoms with E-state index in [4.69, 9.17) is 11.5 Å². The maximum absolute atomic E-state index is 13.1. The van der Waals surface area contributed by atoms with Gasteiger partial charge in [0.05, 0.1) is 11.6 Å². The molecule has 4 rings (SSSR count).